The predicted molar refractivity (Wildman–Crippen MR) is 115 cm³/mol. The molecule has 1 aromatic rings. The van der Waals surface area contributed by atoms with Gasteiger partial charge >= 0.3 is 0 Å². The van der Waals surface area contributed by atoms with Crippen LogP contribution in [-0.4, -0.2) is 60.4 Å². The van der Waals surface area contributed by atoms with Crippen molar-refractivity contribution < 1.29 is 18.0 Å². The van der Waals surface area contributed by atoms with Gasteiger partial charge in [-0.25, -0.2) is 0 Å². The lowest BCUT2D eigenvalue weighted by Crippen LogP contribution is -2.51. The Bertz CT molecular complexity index is 887. The fraction of sp³-hybridized carbons (Fsp3) is 0.619. The number of hydrogen-bond acceptors (Lipinski definition) is 5. The van der Waals surface area contributed by atoms with Crippen molar-refractivity contribution >= 4 is 21.9 Å². The Balaban J connectivity index is 1.65. The molecule has 1 fully saturated rings. The van der Waals surface area contributed by atoms with Crippen molar-refractivity contribution in [2.75, 3.05) is 19.6 Å². The summed E-state index contributed by atoms with van der Waals surface area (Å²) in [6, 6.07) is 6.45. The molecule has 30 heavy (non-hydrogen) atoms. The van der Waals surface area contributed by atoms with Crippen molar-refractivity contribution in [3.8, 4) is 0 Å². The van der Waals surface area contributed by atoms with E-state index < -0.39 is 22.3 Å². The molecule has 2 aliphatic heterocycles. The van der Waals surface area contributed by atoms with Crippen LogP contribution in [0.5, 0.6) is 0 Å². The summed E-state index contributed by atoms with van der Waals surface area (Å²) in [5.41, 5.74) is 8.08. The van der Waals surface area contributed by atoms with Gasteiger partial charge < -0.3 is 11.1 Å². The van der Waals surface area contributed by atoms with Crippen molar-refractivity contribution in [1.29, 1.82) is 0 Å². The molecule has 166 valence electrons. The summed E-state index contributed by atoms with van der Waals surface area (Å²) in [5.74, 6) is -0.379. The topological polar surface area (TPSA) is 113 Å². The van der Waals surface area contributed by atoms with Gasteiger partial charge in [0.05, 0.1) is 18.6 Å². The van der Waals surface area contributed by atoms with Crippen LogP contribution in [0.1, 0.15) is 44.2 Å². The number of ketones is 1. The molecule has 2 heterocycles. The molecule has 2 atom stereocenters. The maximum Gasteiger partial charge on any atom is 0.282 e. The Hall–Kier alpha value is -1.81. The van der Waals surface area contributed by atoms with E-state index in [0.29, 0.717) is 38.8 Å². The van der Waals surface area contributed by atoms with Gasteiger partial charge in [0.15, 0.2) is 5.78 Å². The normalized spacial score (nSPS) is 22.4. The van der Waals surface area contributed by atoms with Crippen molar-refractivity contribution in [1.82, 2.24) is 13.9 Å². The fourth-order valence-electron chi connectivity index (χ4n) is 4.07. The number of carbonyl (C=O) groups is 2. The van der Waals surface area contributed by atoms with Crippen LogP contribution in [0, 0.1) is 5.92 Å². The summed E-state index contributed by atoms with van der Waals surface area (Å²) in [6.07, 6.45) is 2.10. The fourth-order valence-corrected chi connectivity index (χ4v) is 5.67. The Morgan fingerprint density at radius 1 is 1.17 bits per heavy atom. The number of amides is 1. The molecular weight excluding hydrogens is 404 g/mol. The molecule has 8 nitrogen and oxygen atoms in total. The Morgan fingerprint density at radius 2 is 1.83 bits per heavy atom. The summed E-state index contributed by atoms with van der Waals surface area (Å²) < 4.78 is 29.1. The first-order valence-electron chi connectivity index (χ1n) is 10.6. The van der Waals surface area contributed by atoms with Crippen LogP contribution in [0.4, 0.5) is 0 Å². The van der Waals surface area contributed by atoms with Gasteiger partial charge in [0, 0.05) is 19.6 Å². The van der Waals surface area contributed by atoms with Crippen LogP contribution in [0.3, 0.4) is 0 Å². The standard InChI is InChI=1S/C21H32N4O4S/c1-15(2)12-18(22)21(27)23-19-8-5-10-24(14-20(19)26)30(28,29)25-11-9-16-6-3-4-7-17(16)13-25/h3-4,6-7,15,18-19H,5,8-14,22H2,1-2H3,(H,23,27)/t18-,19-/m0/s1. The summed E-state index contributed by atoms with van der Waals surface area (Å²) in [5, 5.41) is 2.73. The quantitative estimate of drug-likeness (QED) is 0.685. The van der Waals surface area contributed by atoms with Crippen LogP contribution in [0.15, 0.2) is 24.3 Å². The highest BCUT2D eigenvalue weighted by atomic mass is 32.2. The first kappa shape index (κ1) is 22.9. The Labute approximate surface area is 179 Å². The lowest BCUT2D eigenvalue weighted by atomic mass is 10.0. The van der Waals surface area contributed by atoms with Crippen molar-refractivity contribution in [2.24, 2.45) is 11.7 Å². The highest BCUT2D eigenvalue weighted by molar-refractivity contribution is 7.86. The van der Waals surface area contributed by atoms with E-state index in [0.717, 1.165) is 11.1 Å². The van der Waals surface area contributed by atoms with Gasteiger partial charge in [0.2, 0.25) is 5.91 Å². The molecule has 3 rings (SSSR count). The van der Waals surface area contributed by atoms with Crippen LogP contribution < -0.4 is 11.1 Å². The molecule has 1 saturated heterocycles. The second kappa shape index (κ2) is 9.55. The molecule has 0 saturated carbocycles. The van der Waals surface area contributed by atoms with E-state index in [9.17, 15) is 18.0 Å². The van der Waals surface area contributed by atoms with Gasteiger partial charge in [0.25, 0.3) is 10.2 Å². The molecule has 0 radical (unpaired) electrons. The monoisotopic (exact) mass is 436 g/mol. The average Bonchev–Trinajstić information content (AvgIpc) is 2.89. The van der Waals surface area contributed by atoms with E-state index in [1.165, 1.54) is 8.61 Å². The number of Topliss-reactive ketones (excluding diaryl/α,β-unsaturated/α-hetero) is 1. The average molecular weight is 437 g/mol. The summed E-state index contributed by atoms with van der Waals surface area (Å²) in [4.78, 5) is 25.1. The summed E-state index contributed by atoms with van der Waals surface area (Å²) in [7, 11) is -3.76. The van der Waals surface area contributed by atoms with Crippen LogP contribution in [0.2, 0.25) is 0 Å². The molecule has 0 aliphatic carbocycles. The van der Waals surface area contributed by atoms with Gasteiger partial charge in [0.1, 0.15) is 0 Å². The van der Waals surface area contributed by atoms with Crippen molar-refractivity contribution in [3.63, 3.8) is 0 Å². The number of rotatable bonds is 6. The zero-order chi connectivity index (χ0) is 21.9. The molecule has 0 bridgehead atoms. The minimum absolute atomic E-state index is 0.231. The first-order chi connectivity index (χ1) is 14.2. The third-order valence-corrected chi connectivity index (χ3v) is 7.68. The second-order valence-electron chi connectivity index (χ2n) is 8.60. The lowest BCUT2D eigenvalue weighted by Gasteiger charge is -2.32. The number of hydrogen-bond donors (Lipinski definition) is 2. The third kappa shape index (κ3) is 5.26. The third-order valence-electron chi connectivity index (χ3n) is 5.75. The van der Waals surface area contributed by atoms with Gasteiger partial charge in [-0.3, -0.25) is 9.59 Å². The Morgan fingerprint density at radius 3 is 2.53 bits per heavy atom. The van der Waals surface area contributed by atoms with E-state index in [1.54, 1.807) is 0 Å². The lowest BCUT2D eigenvalue weighted by molar-refractivity contribution is -0.128. The van der Waals surface area contributed by atoms with Crippen LogP contribution >= 0.6 is 0 Å². The molecule has 9 heteroatoms. The SMILES string of the molecule is CC(C)C[C@H](N)C(=O)N[C@H]1CCCN(S(=O)(=O)N2CCc3ccccc3C2)CC1=O. The van der Waals surface area contributed by atoms with E-state index in [-0.39, 0.29) is 30.7 Å². The largest absolute Gasteiger partial charge is 0.345 e. The maximum absolute atomic E-state index is 13.2. The van der Waals surface area contributed by atoms with Crippen LogP contribution in [-0.2, 0) is 32.8 Å². The number of benzene rings is 1. The first-order valence-corrected chi connectivity index (χ1v) is 12.0. The number of fused-ring (bicyclic) bond motifs is 1. The molecule has 0 unspecified atom stereocenters. The molecule has 3 N–H and O–H groups in total. The van der Waals surface area contributed by atoms with E-state index in [2.05, 4.69) is 5.32 Å². The molecule has 1 amide bonds. The van der Waals surface area contributed by atoms with E-state index in [1.807, 2.05) is 38.1 Å². The molecule has 1 aromatic carbocycles. The number of nitrogens with two attached hydrogens (primary N) is 1. The van der Waals surface area contributed by atoms with Crippen molar-refractivity contribution in [3.05, 3.63) is 35.4 Å². The number of nitrogens with zero attached hydrogens (tertiary/aromatic N) is 2. The van der Waals surface area contributed by atoms with E-state index >= 15 is 0 Å². The minimum Gasteiger partial charge on any atom is -0.345 e. The molecule has 2 aliphatic rings. The summed E-state index contributed by atoms with van der Waals surface area (Å²) in [6.45, 7) is 4.69. The molecule has 0 spiro atoms. The maximum atomic E-state index is 13.2. The van der Waals surface area contributed by atoms with Gasteiger partial charge in [-0.2, -0.15) is 17.0 Å². The summed E-state index contributed by atoms with van der Waals surface area (Å²) >= 11 is 0. The zero-order valence-electron chi connectivity index (χ0n) is 17.7. The van der Waals surface area contributed by atoms with Crippen LogP contribution in [0.25, 0.3) is 0 Å². The highest BCUT2D eigenvalue weighted by Gasteiger charge is 2.37. The smallest absolute Gasteiger partial charge is 0.282 e. The zero-order valence-corrected chi connectivity index (χ0v) is 18.5. The predicted octanol–water partition coefficient (Wildman–Crippen LogP) is 0.813. The minimum atomic E-state index is -3.76. The number of carbonyl (C=O) groups excluding carboxylic acids is 2. The number of nitrogens with one attached hydrogen (secondary N) is 1. The molecular formula is C21H32N4O4S. The second-order valence-corrected chi connectivity index (χ2v) is 10.5. The highest BCUT2D eigenvalue weighted by Crippen LogP contribution is 2.24. The molecule has 0 aromatic heterocycles. The van der Waals surface area contributed by atoms with Gasteiger partial charge in [-0.05, 0) is 42.7 Å². The van der Waals surface area contributed by atoms with Crippen molar-refractivity contribution in [2.45, 2.75) is 58.2 Å². The van der Waals surface area contributed by atoms with Gasteiger partial charge in [-0.15, -0.1) is 0 Å². The van der Waals surface area contributed by atoms with E-state index in [4.69, 9.17) is 5.73 Å². The Kier molecular flexibility index (Phi) is 7.28. The van der Waals surface area contributed by atoms with Gasteiger partial charge in [-0.1, -0.05) is 38.1 Å².